The number of hydrogen-bond acceptors (Lipinski definition) is 3. The molecule has 3 heteroatoms. The van der Waals surface area contributed by atoms with Crippen LogP contribution in [0.1, 0.15) is 51.1 Å². The third-order valence-electron chi connectivity index (χ3n) is 2.85. The molecule has 0 fully saturated rings. The Hall–Kier alpha value is -0.410. The van der Waals surface area contributed by atoms with Gasteiger partial charge in [0.2, 0.25) is 0 Å². The molecule has 2 nitrogen and oxygen atoms in total. The van der Waals surface area contributed by atoms with Crippen molar-refractivity contribution in [3.05, 3.63) is 16.6 Å². The molecule has 1 rings (SSSR count). The molecule has 0 saturated carbocycles. The topological polar surface area (TPSA) is 24.9 Å². The van der Waals surface area contributed by atoms with E-state index in [9.17, 15) is 0 Å². The number of nitrogens with zero attached hydrogens (tertiary/aromatic N) is 1. The zero-order valence-corrected chi connectivity index (χ0v) is 10.8. The second-order valence-corrected chi connectivity index (χ2v) is 4.80. The summed E-state index contributed by atoms with van der Waals surface area (Å²) in [6, 6.07) is 0.458. The van der Waals surface area contributed by atoms with Crippen LogP contribution in [-0.2, 0) is 0 Å². The van der Waals surface area contributed by atoms with Crippen molar-refractivity contribution in [2.24, 2.45) is 5.92 Å². The zero-order chi connectivity index (χ0) is 11.1. The maximum atomic E-state index is 4.44. The van der Waals surface area contributed by atoms with Gasteiger partial charge in [-0.1, -0.05) is 33.6 Å². The van der Waals surface area contributed by atoms with E-state index in [1.54, 1.807) is 11.3 Å². The lowest BCUT2D eigenvalue weighted by atomic mass is 9.94. The molecule has 0 spiro atoms. The van der Waals surface area contributed by atoms with Gasteiger partial charge in [0.05, 0.1) is 6.04 Å². The van der Waals surface area contributed by atoms with Gasteiger partial charge < -0.3 is 5.32 Å². The summed E-state index contributed by atoms with van der Waals surface area (Å²) in [6.07, 6.45) is 5.53. The van der Waals surface area contributed by atoms with Crippen LogP contribution in [0.2, 0.25) is 0 Å². The number of thiazole rings is 1. The van der Waals surface area contributed by atoms with E-state index in [2.05, 4.69) is 36.5 Å². The van der Waals surface area contributed by atoms with E-state index >= 15 is 0 Å². The van der Waals surface area contributed by atoms with Gasteiger partial charge in [0.1, 0.15) is 5.01 Å². The van der Waals surface area contributed by atoms with Gasteiger partial charge in [0, 0.05) is 11.6 Å². The smallest absolute Gasteiger partial charge is 0.110 e. The molecule has 1 heterocycles. The Morgan fingerprint density at radius 2 is 2.07 bits per heavy atom. The van der Waals surface area contributed by atoms with Crippen molar-refractivity contribution in [1.82, 2.24) is 10.3 Å². The normalized spacial score (nSPS) is 13.3. The van der Waals surface area contributed by atoms with Crippen LogP contribution in [-0.4, -0.2) is 11.5 Å². The Kier molecular flexibility index (Phi) is 5.88. The largest absolute Gasteiger partial charge is 0.308 e. The van der Waals surface area contributed by atoms with Crippen LogP contribution in [0.4, 0.5) is 0 Å². The van der Waals surface area contributed by atoms with Gasteiger partial charge in [-0.2, -0.15) is 0 Å². The molecule has 0 aliphatic heterocycles. The number of hydrogen-bond donors (Lipinski definition) is 1. The van der Waals surface area contributed by atoms with Gasteiger partial charge in [0.25, 0.3) is 0 Å². The molecule has 0 aliphatic rings. The molecule has 1 aromatic heterocycles. The van der Waals surface area contributed by atoms with Crippen molar-refractivity contribution in [2.75, 3.05) is 6.54 Å². The number of nitrogens with one attached hydrogen (secondary N) is 1. The molecule has 0 amide bonds. The first-order chi connectivity index (χ1) is 7.33. The van der Waals surface area contributed by atoms with Crippen LogP contribution in [0.15, 0.2) is 11.6 Å². The number of aromatic nitrogens is 1. The van der Waals surface area contributed by atoms with E-state index in [0.717, 1.165) is 6.54 Å². The highest BCUT2D eigenvalue weighted by Crippen LogP contribution is 2.28. The summed E-state index contributed by atoms with van der Waals surface area (Å²) in [4.78, 5) is 4.44. The summed E-state index contributed by atoms with van der Waals surface area (Å²) in [6.45, 7) is 7.82. The summed E-state index contributed by atoms with van der Waals surface area (Å²) in [5.74, 6) is 0.711. The standard InChI is InChI=1S/C12H22N2S/c1-4-7-13-11(10(5-2)6-3)12-14-8-9-15-12/h8-11,13H,4-7H2,1-3H3. The Balaban J connectivity index is 2.68. The van der Waals surface area contributed by atoms with Gasteiger partial charge in [-0.25, -0.2) is 4.98 Å². The summed E-state index contributed by atoms with van der Waals surface area (Å²) < 4.78 is 0. The molecule has 1 N–H and O–H groups in total. The van der Waals surface area contributed by atoms with Gasteiger partial charge in [-0.05, 0) is 18.9 Å². The lowest BCUT2D eigenvalue weighted by molar-refractivity contribution is 0.340. The highest BCUT2D eigenvalue weighted by molar-refractivity contribution is 7.09. The van der Waals surface area contributed by atoms with E-state index in [4.69, 9.17) is 0 Å². The first-order valence-electron chi connectivity index (χ1n) is 5.96. The second kappa shape index (κ2) is 6.96. The van der Waals surface area contributed by atoms with Crippen LogP contribution in [0, 0.1) is 5.92 Å². The quantitative estimate of drug-likeness (QED) is 0.768. The van der Waals surface area contributed by atoms with Crippen molar-refractivity contribution in [1.29, 1.82) is 0 Å². The monoisotopic (exact) mass is 226 g/mol. The van der Waals surface area contributed by atoms with Gasteiger partial charge in [-0.3, -0.25) is 0 Å². The maximum Gasteiger partial charge on any atom is 0.110 e. The summed E-state index contributed by atoms with van der Waals surface area (Å²) in [5.41, 5.74) is 0. The molecule has 0 bridgehead atoms. The van der Waals surface area contributed by atoms with Crippen molar-refractivity contribution < 1.29 is 0 Å². The molecule has 0 aromatic carbocycles. The van der Waals surface area contributed by atoms with Crippen LogP contribution in [0.5, 0.6) is 0 Å². The zero-order valence-electron chi connectivity index (χ0n) is 9.99. The van der Waals surface area contributed by atoms with Gasteiger partial charge >= 0.3 is 0 Å². The minimum absolute atomic E-state index is 0.458. The predicted molar refractivity (Wildman–Crippen MR) is 67.2 cm³/mol. The second-order valence-electron chi connectivity index (χ2n) is 3.88. The Labute approximate surface area is 97.1 Å². The fraction of sp³-hybridized carbons (Fsp3) is 0.750. The summed E-state index contributed by atoms with van der Waals surface area (Å²) >= 11 is 1.77. The maximum absolute atomic E-state index is 4.44. The first kappa shape index (κ1) is 12.7. The average molecular weight is 226 g/mol. The molecule has 0 saturated heterocycles. The van der Waals surface area contributed by atoms with Crippen molar-refractivity contribution in [3.63, 3.8) is 0 Å². The van der Waals surface area contributed by atoms with Gasteiger partial charge in [0.15, 0.2) is 0 Å². The van der Waals surface area contributed by atoms with Gasteiger partial charge in [-0.15, -0.1) is 11.3 Å². The molecule has 1 aromatic rings. The van der Waals surface area contributed by atoms with Crippen LogP contribution >= 0.6 is 11.3 Å². The molecule has 86 valence electrons. The molecule has 1 unspecified atom stereocenters. The van der Waals surface area contributed by atoms with E-state index < -0.39 is 0 Å². The predicted octanol–water partition coefficient (Wildman–Crippen LogP) is 3.62. The van der Waals surface area contributed by atoms with Crippen LogP contribution < -0.4 is 5.32 Å². The van der Waals surface area contributed by atoms with E-state index in [1.165, 1.54) is 24.3 Å². The summed E-state index contributed by atoms with van der Waals surface area (Å²) in [5, 5.41) is 6.94. The van der Waals surface area contributed by atoms with Crippen molar-refractivity contribution >= 4 is 11.3 Å². The van der Waals surface area contributed by atoms with Crippen LogP contribution in [0.25, 0.3) is 0 Å². The molecular weight excluding hydrogens is 204 g/mol. The van der Waals surface area contributed by atoms with Crippen molar-refractivity contribution in [2.45, 2.75) is 46.1 Å². The Bertz CT molecular complexity index is 242. The summed E-state index contributed by atoms with van der Waals surface area (Å²) in [7, 11) is 0. The van der Waals surface area contributed by atoms with E-state index in [-0.39, 0.29) is 0 Å². The molecular formula is C12H22N2S. The Morgan fingerprint density at radius 3 is 2.53 bits per heavy atom. The fourth-order valence-corrected chi connectivity index (χ4v) is 2.71. The molecule has 0 radical (unpaired) electrons. The Morgan fingerprint density at radius 1 is 1.33 bits per heavy atom. The highest BCUT2D eigenvalue weighted by Gasteiger charge is 2.21. The van der Waals surface area contributed by atoms with Crippen LogP contribution in [0.3, 0.4) is 0 Å². The minimum atomic E-state index is 0.458. The third kappa shape index (κ3) is 3.58. The van der Waals surface area contributed by atoms with E-state index in [0.29, 0.717) is 12.0 Å². The molecule has 0 aliphatic carbocycles. The minimum Gasteiger partial charge on any atom is -0.308 e. The molecule has 15 heavy (non-hydrogen) atoms. The lowest BCUT2D eigenvalue weighted by Crippen LogP contribution is -2.28. The molecule has 1 atom stereocenters. The highest BCUT2D eigenvalue weighted by atomic mass is 32.1. The average Bonchev–Trinajstić information content (AvgIpc) is 2.77. The van der Waals surface area contributed by atoms with E-state index in [1.807, 2.05) is 6.20 Å². The lowest BCUT2D eigenvalue weighted by Gasteiger charge is -2.24. The SMILES string of the molecule is CCCNC(c1nccs1)C(CC)CC. The first-order valence-corrected chi connectivity index (χ1v) is 6.84. The number of rotatable bonds is 7. The van der Waals surface area contributed by atoms with Crippen molar-refractivity contribution in [3.8, 4) is 0 Å². The third-order valence-corrected chi connectivity index (χ3v) is 3.71. The fourth-order valence-electron chi connectivity index (χ4n) is 1.90.